The summed E-state index contributed by atoms with van der Waals surface area (Å²) in [5, 5.41) is 15.0. The zero-order valence-electron chi connectivity index (χ0n) is 7.79. The fourth-order valence-electron chi connectivity index (χ4n) is 2.17. The molecule has 74 valence electrons. The van der Waals surface area contributed by atoms with Crippen LogP contribution in [0, 0.1) is 17.8 Å². The van der Waals surface area contributed by atoms with Gasteiger partial charge in [0.15, 0.2) is 0 Å². The predicted molar refractivity (Wildman–Crippen MR) is 48.0 cm³/mol. The zero-order chi connectivity index (χ0) is 9.42. The van der Waals surface area contributed by atoms with Crippen LogP contribution in [0.1, 0.15) is 6.92 Å². The lowest BCUT2D eigenvalue weighted by Gasteiger charge is -2.08. The average molecular weight is 184 g/mol. The molecule has 2 rings (SSSR count). The van der Waals surface area contributed by atoms with Gasteiger partial charge in [0.05, 0.1) is 6.10 Å². The lowest BCUT2D eigenvalue weighted by molar-refractivity contribution is -0.123. The number of hydrogen-bond donors (Lipinski definition) is 3. The second kappa shape index (κ2) is 3.27. The van der Waals surface area contributed by atoms with E-state index in [0.717, 1.165) is 13.1 Å². The summed E-state index contributed by atoms with van der Waals surface area (Å²) >= 11 is 0. The minimum atomic E-state index is -0.444. The highest BCUT2D eigenvalue weighted by atomic mass is 16.3. The number of aliphatic hydroxyl groups excluding tert-OH is 1. The highest BCUT2D eigenvalue weighted by molar-refractivity contribution is 5.82. The van der Waals surface area contributed by atoms with Gasteiger partial charge in [0.2, 0.25) is 5.91 Å². The molecule has 0 spiro atoms. The maximum atomic E-state index is 11.5. The third-order valence-electron chi connectivity index (χ3n) is 2.97. The van der Waals surface area contributed by atoms with E-state index in [1.54, 1.807) is 6.92 Å². The van der Waals surface area contributed by atoms with E-state index in [1.165, 1.54) is 0 Å². The molecule has 4 atom stereocenters. The lowest BCUT2D eigenvalue weighted by Crippen LogP contribution is -2.34. The van der Waals surface area contributed by atoms with Crippen LogP contribution in [0.25, 0.3) is 0 Å². The summed E-state index contributed by atoms with van der Waals surface area (Å²) in [6.45, 7) is 4.02. The van der Waals surface area contributed by atoms with Crippen molar-refractivity contribution in [3.05, 3.63) is 0 Å². The van der Waals surface area contributed by atoms with Crippen molar-refractivity contribution in [1.29, 1.82) is 0 Å². The van der Waals surface area contributed by atoms with Crippen LogP contribution >= 0.6 is 0 Å². The van der Waals surface area contributed by atoms with Crippen molar-refractivity contribution in [1.82, 2.24) is 10.6 Å². The second-order valence-corrected chi connectivity index (χ2v) is 4.11. The molecule has 4 nitrogen and oxygen atoms in total. The van der Waals surface area contributed by atoms with Crippen molar-refractivity contribution >= 4 is 5.91 Å². The molecule has 0 aromatic carbocycles. The van der Waals surface area contributed by atoms with E-state index in [2.05, 4.69) is 10.6 Å². The zero-order valence-corrected chi connectivity index (χ0v) is 7.79. The number of aliphatic hydroxyl groups is 1. The van der Waals surface area contributed by atoms with Crippen molar-refractivity contribution < 1.29 is 9.90 Å². The van der Waals surface area contributed by atoms with E-state index in [0.29, 0.717) is 18.4 Å². The molecule has 1 saturated heterocycles. The van der Waals surface area contributed by atoms with Gasteiger partial charge in [0.1, 0.15) is 0 Å². The van der Waals surface area contributed by atoms with E-state index < -0.39 is 6.10 Å². The van der Waals surface area contributed by atoms with Gasteiger partial charge in [0.25, 0.3) is 0 Å². The molecule has 0 radical (unpaired) electrons. The summed E-state index contributed by atoms with van der Waals surface area (Å²) in [5.74, 6) is 1.47. The Morgan fingerprint density at radius 2 is 2.23 bits per heavy atom. The van der Waals surface area contributed by atoms with E-state index in [-0.39, 0.29) is 11.8 Å². The van der Waals surface area contributed by atoms with Gasteiger partial charge in [-0.3, -0.25) is 4.79 Å². The first-order chi connectivity index (χ1) is 6.20. The molecule has 1 aliphatic heterocycles. The normalized spacial score (nSPS) is 38.2. The summed E-state index contributed by atoms with van der Waals surface area (Å²) in [7, 11) is 0. The van der Waals surface area contributed by atoms with Crippen molar-refractivity contribution in [2.45, 2.75) is 13.0 Å². The molecule has 0 bridgehead atoms. The number of amides is 1. The second-order valence-electron chi connectivity index (χ2n) is 4.11. The molecular formula is C9H16N2O2. The molecule has 3 N–H and O–H groups in total. The van der Waals surface area contributed by atoms with Crippen molar-refractivity contribution in [2.24, 2.45) is 17.8 Å². The SMILES string of the molecule is C[C@@H](O)CNC(=O)C1[C@H]2CNC[C@@H]12. The van der Waals surface area contributed by atoms with Crippen LogP contribution in [0.15, 0.2) is 0 Å². The summed E-state index contributed by atoms with van der Waals surface area (Å²) < 4.78 is 0. The monoisotopic (exact) mass is 184 g/mol. The van der Waals surface area contributed by atoms with Crippen molar-refractivity contribution in [3.63, 3.8) is 0 Å². The highest BCUT2D eigenvalue weighted by Gasteiger charge is 2.56. The van der Waals surface area contributed by atoms with Gasteiger partial charge in [-0.05, 0) is 31.8 Å². The summed E-state index contributed by atoms with van der Waals surface area (Å²) in [4.78, 5) is 11.5. The maximum absolute atomic E-state index is 11.5. The van der Waals surface area contributed by atoms with Crippen LogP contribution in [0.5, 0.6) is 0 Å². The molecule has 2 fully saturated rings. The number of carbonyl (C=O) groups is 1. The summed E-state index contributed by atoms with van der Waals surface area (Å²) in [6, 6.07) is 0. The first-order valence-corrected chi connectivity index (χ1v) is 4.86. The van der Waals surface area contributed by atoms with Crippen molar-refractivity contribution in [2.75, 3.05) is 19.6 Å². The molecule has 2 aliphatic rings. The minimum absolute atomic E-state index is 0.123. The Balaban J connectivity index is 1.74. The number of fused-ring (bicyclic) bond motifs is 1. The smallest absolute Gasteiger partial charge is 0.223 e. The summed E-state index contributed by atoms with van der Waals surface area (Å²) in [5.41, 5.74) is 0. The van der Waals surface area contributed by atoms with Gasteiger partial charge in [-0.25, -0.2) is 0 Å². The fourth-order valence-corrected chi connectivity index (χ4v) is 2.17. The van der Waals surface area contributed by atoms with E-state index in [9.17, 15) is 4.79 Å². The van der Waals surface area contributed by atoms with Gasteiger partial charge in [0, 0.05) is 12.5 Å². The number of nitrogens with one attached hydrogen (secondary N) is 2. The number of hydrogen-bond acceptors (Lipinski definition) is 3. The Kier molecular flexibility index (Phi) is 2.26. The van der Waals surface area contributed by atoms with Crippen LogP contribution in [0.4, 0.5) is 0 Å². The van der Waals surface area contributed by atoms with Gasteiger partial charge >= 0.3 is 0 Å². The molecular weight excluding hydrogens is 168 g/mol. The largest absolute Gasteiger partial charge is 0.392 e. The van der Waals surface area contributed by atoms with Gasteiger partial charge in [-0.1, -0.05) is 0 Å². The average Bonchev–Trinajstić information content (AvgIpc) is 2.56. The van der Waals surface area contributed by atoms with Gasteiger partial charge in [-0.15, -0.1) is 0 Å². The van der Waals surface area contributed by atoms with Crippen LogP contribution in [-0.2, 0) is 4.79 Å². The van der Waals surface area contributed by atoms with E-state index in [1.807, 2.05) is 0 Å². The number of piperidine rings is 1. The molecule has 1 amide bonds. The molecule has 0 aromatic rings. The molecule has 13 heavy (non-hydrogen) atoms. The van der Waals surface area contributed by atoms with Crippen LogP contribution in [-0.4, -0.2) is 36.8 Å². The minimum Gasteiger partial charge on any atom is -0.392 e. The molecule has 4 heteroatoms. The Labute approximate surface area is 77.7 Å². The highest BCUT2D eigenvalue weighted by Crippen LogP contribution is 2.48. The Bertz CT molecular complexity index is 208. The molecule has 1 aliphatic carbocycles. The molecule has 1 saturated carbocycles. The topological polar surface area (TPSA) is 61.4 Å². The fraction of sp³-hybridized carbons (Fsp3) is 0.889. The standard InChI is InChI=1S/C9H16N2O2/c1-5(12)2-11-9(13)8-6-3-10-4-7(6)8/h5-8,10,12H,2-4H2,1H3,(H,11,13)/t5-,6-,7+,8?/m1/s1. The maximum Gasteiger partial charge on any atom is 0.223 e. The Morgan fingerprint density at radius 3 is 2.77 bits per heavy atom. The van der Waals surface area contributed by atoms with Crippen molar-refractivity contribution in [3.8, 4) is 0 Å². The van der Waals surface area contributed by atoms with Crippen LogP contribution in [0.2, 0.25) is 0 Å². The molecule has 1 heterocycles. The molecule has 1 unspecified atom stereocenters. The van der Waals surface area contributed by atoms with Crippen LogP contribution in [0.3, 0.4) is 0 Å². The third-order valence-corrected chi connectivity index (χ3v) is 2.97. The predicted octanol–water partition coefficient (Wildman–Crippen LogP) is -1.05. The van der Waals surface area contributed by atoms with Gasteiger partial charge < -0.3 is 15.7 Å². The molecule has 0 aromatic heterocycles. The summed E-state index contributed by atoms with van der Waals surface area (Å²) in [6.07, 6.45) is -0.444. The van der Waals surface area contributed by atoms with E-state index in [4.69, 9.17) is 5.11 Å². The lowest BCUT2D eigenvalue weighted by atomic mass is 10.2. The third kappa shape index (κ3) is 1.69. The van der Waals surface area contributed by atoms with Crippen LogP contribution < -0.4 is 10.6 Å². The number of rotatable bonds is 3. The first kappa shape index (κ1) is 8.97. The Morgan fingerprint density at radius 1 is 1.62 bits per heavy atom. The first-order valence-electron chi connectivity index (χ1n) is 4.86. The quantitative estimate of drug-likeness (QED) is 0.524. The van der Waals surface area contributed by atoms with E-state index >= 15 is 0 Å². The number of carbonyl (C=O) groups excluding carboxylic acids is 1. The van der Waals surface area contributed by atoms with Gasteiger partial charge in [-0.2, -0.15) is 0 Å². The Hall–Kier alpha value is -0.610.